The molecular formula is C25H27FN4O3. The molecule has 8 heteroatoms. The Hall–Kier alpha value is -3.49. The third-order valence-electron chi connectivity index (χ3n) is 5.58. The lowest BCUT2D eigenvalue weighted by Crippen LogP contribution is -2.53. The van der Waals surface area contributed by atoms with Crippen LogP contribution in [0.2, 0.25) is 0 Å². The number of aromatic nitrogens is 1. The minimum Gasteiger partial charge on any atom is -0.508 e. The van der Waals surface area contributed by atoms with Crippen molar-refractivity contribution < 1.29 is 19.0 Å². The normalized spacial score (nSPS) is 18.8. The number of hydrogen-bond acceptors (Lipinski definition) is 6. The zero-order valence-electron chi connectivity index (χ0n) is 18.6. The smallest absolute Gasteiger partial charge is 0.254 e. The van der Waals surface area contributed by atoms with Crippen molar-refractivity contribution in [3.05, 3.63) is 71.7 Å². The first-order valence-electron chi connectivity index (χ1n) is 10.8. The van der Waals surface area contributed by atoms with Crippen molar-refractivity contribution in [2.45, 2.75) is 32.5 Å². The molecule has 4 N–H and O–H groups in total. The van der Waals surface area contributed by atoms with Crippen LogP contribution >= 0.6 is 0 Å². The molecule has 0 unspecified atom stereocenters. The summed E-state index contributed by atoms with van der Waals surface area (Å²) >= 11 is 0. The molecule has 2 aromatic carbocycles. The van der Waals surface area contributed by atoms with E-state index in [0.29, 0.717) is 24.4 Å². The number of amides is 1. The summed E-state index contributed by atoms with van der Waals surface area (Å²) in [5.74, 6) is -0.943. The molecule has 172 valence electrons. The second-order valence-electron chi connectivity index (χ2n) is 8.51. The molecular weight excluding hydrogens is 423 g/mol. The first-order valence-corrected chi connectivity index (χ1v) is 10.8. The van der Waals surface area contributed by atoms with Crippen molar-refractivity contribution in [1.82, 2.24) is 15.2 Å². The first kappa shape index (κ1) is 22.7. The van der Waals surface area contributed by atoms with Gasteiger partial charge in [0.1, 0.15) is 22.9 Å². The van der Waals surface area contributed by atoms with Crippen LogP contribution in [-0.4, -0.2) is 46.1 Å². The van der Waals surface area contributed by atoms with Gasteiger partial charge in [0.05, 0.1) is 6.20 Å². The lowest BCUT2D eigenvalue weighted by atomic mass is 10.0. The average Bonchev–Trinajstić information content (AvgIpc) is 2.76. The van der Waals surface area contributed by atoms with Crippen molar-refractivity contribution in [3.63, 3.8) is 0 Å². The molecule has 1 amide bonds. The fraction of sp³-hybridized carbons (Fsp3) is 0.280. The van der Waals surface area contributed by atoms with Gasteiger partial charge >= 0.3 is 0 Å². The second-order valence-corrected chi connectivity index (χ2v) is 8.51. The lowest BCUT2D eigenvalue weighted by Gasteiger charge is -2.36. The molecule has 1 aliphatic rings. The number of halogens is 1. The van der Waals surface area contributed by atoms with Crippen molar-refractivity contribution >= 4 is 5.91 Å². The maximum absolute atomic E-state index is 13.4. The Morgan fingerprint density at radius 2 is 1.91 bits per heavy atom. The minimum absolute atomic E-state index is 0.0706. The molecule has 1 aliphatic heterocycles. The van der Waals surface area contributed by atoms with Gasteiger partial charge in [0.25, 0.3) is 5.91 Å². The molecule has 2 atom stereocenters. The second kappa shape index (κ2) is 9.56. The summed E-state index contributed by atoms with van der Waals surface area (Å²) in [7, 11) is 0. The van der Waals surface area contributed by atoms with Crippen molar-refractivity contribution in [2.24, 2.45) is 5.73 Å². The van der Waals surface area contributed by atoms with Crippen LogP contribution < -0.4 is 15.8 Å². The molecule has 0 aliphatic carbocycles. The van der Waals surface area contributed by atoms with E-state index in [4.69, 9.17) is 10.5 Å². The molecule has 4 rings (SSSR count). The van der Waals surface area contributed by atoms with Gasteiger partial charge in [-0.25, -0.2) is 9.37 Å². The standard InChI is InChI=1S/C25H27FN4O3/c1-15-12-30(13-16(2)29-15)14-19-7-6-18(9-23(19)31)17-4-3-5-21(8-17)33-25-22(24(27)32)10-20(26)11-28-25/h3-11,15-16,29,31H,12-14H2,1-2H3,(H2,27,32)/t15-,16+. The number of carbonyl (C=O) groups is 1. The summed E-state index contributed by atoms with van der Waals surface area (Å²) in [6.07, 6.45) is 0.961. The quantitative estimate of drug-likeness (QED) is 0.530. The highest BCUT2D eigenvalue weighted by Crippen LogP contribution is 2.31. The van der Waals surface area contributed by atoms with Gasteiger partial charge < -0.3 is 20.9 Å². The maximum atomic E-state index is 13.4. The molecule has 0 radical (unpaired) electrons. The molecule has 33 heavy (non-hydrogen) atoms. The number of rotatable bonds is 6. The van der Waals surface area contributed by atoms with Gasteiger partial charge in [-0.15, -0.1) is 0 Å². The fourth-order valence-electron chi connectivity index (χ4n) is 4.22. The van der Waals surface area contributed by atoms with Gasteiger partial charge in [0, 0.05) is 37.3 Å². The molecule has 1 aromatic heterocycles. The summed E-state index contributed by atoms with van der Waals surface area (Å²) < 4.78 is 19.1. The van der Waals surface area contributed by atoms with Gasteiger partial charge in [-0.3, -0.25) is 9.69 Å². The van der Waals surface area contributed by atoms with E-state index >= 15 is 0 Å². The predicted octanol–water partition coefficient (Wildman–Crippen LogP) is 3.67. The third kappa shape index (κ3) is 5.47. The molecule has 0 spiro atoms. The Kier molecular flexibility index (Phi) is 6.57. The Bertz CT molecular complexity index is 1160. The van der Waals surface area contributed by atoms with Crippen molar-refractivity contribution in [2.75, 3.05) is 13.1 Å². The van der Waals surface area contributed by atoms with E-state index < -0.39 is 11.7 Å². The number of piperazine rings is 1. The maximum Gasteiger partial charge on any atom is 0.254 e. The lowest BCUT2D eigenvalue weighted by molar-refractivity contribution is 0.0997. The highest BCUT2D eigenvalue weighted by molar-refractivity contribution is 5.95. The summed E-state index contributed by atoms with van der Waals surface area (Å²) in [4.78, 5) is 17.8. The number of nitrogens with one attached hydrogen (secondary N) is 1. The average molecular weight is 451 g/mol. The largest absolute Gasteiger partial charge is 0.508 e. The number of hydrogen-bond donors (Lipinski definition) is 3. The van der Waals surface area contributed by atoms with Crippen LogP contribution in [-0.2, 0) is 6.54 Å². The molecule has 0 bridgehead atoms. The van der Waals surface area contributed by atoms with Crippen LogP contribution in [0.3, 0.4) is 0 Å². The Balaban J connectivity index is 1.53. The summed E-state index contributed by atoms with van der Waals surface area (Å²) in [5, 5.41) is 14.2. The van der Waals surface area contributed by atoms with E-state index in [-0.39, 0.29) is 17.2 Å². The van der Waals surface area contributed by atoms with E-state index in [1.807, 2.05) is 18.2 Å². The zero-order chi connectivity index (χ0) is 23.5. The summed E-state index contributed by atoms with van der Waals surface area (Å²) in [6, 6.07) is 14.5. The monoisotopic (exact) mass is 450 g/mol. The zero-order valence-corrected chi connectivity index (χ0v) is 18.6. The predicted molar refractivity (Wildman–Crippen MR) is 124 cm³/mol. The first-order chi connectivity index (χ1) is 15.8. The minimum atomic E-state index is -0.832. The van der Waals surface area contributed by atoms with Gasteiger partial charge in [-0.2, -0.15) is 0 Å². The third-order valence-corrected chi connectivity index (χ3v) is 5.58. The molecule has 7 nitrogen and oxygen atoms in total. The summed E-state index contributed by atoms with van der Waals surface area (Å²) in [6.45, 7) is 6.85. The molecule has 2 heterocycles. The number of phenols is 1. The van der Waals surface area contributed by atoms with Gasteiger partial charge in [-0.1, -0.05) is 24.3 Å². The number of nitrogens with two attached hydrogens (primary N) is 1. The number of carbonyl (C=O) groups excluding carboxylic acids is 1. The van der Waals surface area contributed by atoms with E-state index in [1.165, 1.54) is 0 Å². The number of pyridine rings is 1. The Labute approximate surface area is 192 Å². The van der Waals surface area contributed by atoms with Crippen LogP contribution in [0, 0.1) is 5.82 Å². The van der Waals surface area contributed by atoms with E-state index in [2.05, 4.69) is 29.0 Å². The van der Waals surface area contributed by atoms with Crippen LogP contribution in [0.4, 0.5) is 4.39 Å². The highest BCUT2D eigenvalue weighted by Gasteiger charge is 2.21. The Morgan fingerprint density at radius 3 is 2.61 bits per heavy atom. The van der Waals surface area contributed by atoms with E-state index in [0.717, 1.165) is 42.0 Å². The van der Waals surface area contributed by atoms with Crippen LogP contribution in [0.1, 0.15) is 29.8 Å². The SMILES string of the molecule is C[C@@H]1CN(Cc2ccc(-c3cccc(Oc4ncc(F)cc4C(N)=O)c3)cc2O)C[C@H](C)N1. The summed E-state index contributed by atoms with van der Waals surface area (Å²) in [5.41, 5.74) is 7.66. The number of phenolic OH excluding ortho intramolecular Hbond substituents is 1. The number of nitrogens with zero attached hydrogens (tertiary/aromatic N) is 2. The number of aromatic hydroxyl groups is 1. The van der Waals surface area contributed by atoms with Crippen molar-refractivity contribution in [3.8, 4) is 28.5 Å². The topological polar surface area (TPSA) is 101 Å². The van der Waals surface area contributed by atoms with E-state index in [1.54, 1.807) is 24.3 Å². The van der Waals surface area contributed by atoms with Crippen LogP contribution in [0.5, 0.6) is 17.4 Å². The van der Waals surface area contributed by atoms with Gasteiger partial charge in [0.2, 0.25) is 5.88 Å². The van der Waals surface area contributed by atoms with E-state index in [9.17, 15) is 14.3 Å². The number of primary amides is 1. The highest BCUT2D eigenvalue weighted by atomic mass is 19.1. The van der Waals surface area contributed by atoms with Crippen molar-refractivity contribution in [1.29, 1.82) is 0 Å². The fourth-order valence-corrected chi connectivity index (χ4v) is 4.22. The number of ether oxygens (including phenoxy) is 1. The Morgan fingerprint density at radius 1 is 1.18 bits per heavy atom. The molecule has 1 fully saturated rings. The van der Waals surface area contributed by atoms with Crippen LogP contribution in [0.25, 0.3) is 11.1 Å². The molecule has 0 saturated carbocycles. The van der Waals surface area contributed by atoms with Crippen LogP contribution in [0.15, 0.2) is 54.7 Å². The number of benzene rings is 2. The molecule has 1 saturated heterocycles. The van der Waals surface area contributed by atoms with Gasteiger partial charge in [-0.05, 0) is 49.2 Å². The molecule has 3 aromatic rings. The van der Waals surface area contributed by atoms with Gasteiger partial charge in [0.15, 0.2) is 0 Å².